The fraction of sp³-hybridized carbons (Fsp3) is 0.636. The standard InChI is InChI=1S/C11H19N5O4/c1-3-12-10-9(16(18)19)11(14-8-13-10)15(4-6-17)5-7-20-2/h8,17H,3-7H2,1-2H3,(H,12,13,14). The van der Waals surface area contributed by atoms with Crippen LogP contribution in [-0.2, 0) is 4.74 Å². The minimum atomic E-state index is -0.523. The average molecular weight is 285 g/mol. The number of hydrogen-bond donors (Lipinski definition) is 2. The number of aliphatic hydroxyl groups is 1. The van der Waals surface area contributed by atoms with Crippen LogP contribution in [0.3, 0.4) is 0 Å². The van der Waals surface area contributed by atoms with Crippen LogP contribution in [0.15, 0.2) is 6.33 Å². The SMILES string of the molecule is CCNc1ncnc(N(CCO)CCOC)c1[N+](=O)[O-]. The normalized spacial score (nSPS) is 10.3. The Morgan fingerprint density at radius 1 is 1.50 bits per heavy atom. The van der Waals surface area contributed by atoms with Crippen molar-refractivity contribution >= 4 is 17.3 Å². The van der Waals surface area contributed by atoms with Gasteiger partial charge in [-0.2, -0.15) is 0 Å². The van der Waals surface area contributed by atoms with E-state index in [1.165, 1.54) is 13.4 Å². The van der Waals surface area contributed by atoms with E-state index in [-0.39, 0.29) is 30.5 Å². The van der Waals surface area contributed by atoms with Crippen molar-refractivity contribution in [2.75, 3.05) is 50.2 Å². The van der Waals surface area contributed by atoms with Crippen molar-refractivity contribution in [1.82, 2.24) is 9.97 Å². The van der Waals surface area contributed by atoms with Crippen LogP contribution in [0.4, 0.5) is 17.3 Å². The van der Waals surface area contributed by atoms with Crippen LogP contribution >= 0.6 is 0 Å². The van der Waals surface area contributed by atoms with Gasteiger partial charge in [-0.1, -0.05) is 0 Å². The van der Waals surface area contributed by atoms with Gasteiger partial charge in [0.15, 0.2) is 0 Å². The van der Waals surface area contributed by atoms with Gasteiger partial charge in [-0.05, 0) is 6.92 Å². The number of methoxy groups -OCH3 is 1. The van der Waals surface area contributed by atoms with Crippen LogP contribution in [0.1, 0.15) is 6.92 Å². The molecule has 0 aromatic carbocycles. The van der Waals surface area contributed by atoms with Crippen LogP contribution in [0.5, 0.6) is 0 Å². The molecule has 1 rings (SSSR count). The molecule has 0 fully saturated rings. The molecule has 20 heavy (non-hydrogen) atoms. The van der Waals surface area contributed by atoms with E-state index >= 15 is 0 Å². The summed E-state index contributed by atoms with van der Waals surface area (Å²) in [6, 6.07) is 0. The molecule has 2 N–H and O–H groups in total. The van der Waals surface area contributed by atoms with Crippen molar-refractivity contribution < 1.29 is 14.8 Å². The molecule has 1 aromatic rings. The second-order valence-electron chi connectivity index (χ2n) is 3.89. The number of ether oxygens (including phenoxy) is 1. The second kappa shape index (κ2) is 8.23. The Kier molecular flexibility index (Phi) is 6.60. The van der Waals surface area contributed by atoms with Gasteiger partial charge in [0, 0.05) is 26.7 Å². The third-order valence-corrected chi connectivity index (χ3v) is 2.56. The van der Waals surface area contributed by atoms with E-state index in [2.05, 4.69) is 15.3 Å². The summed E-state index contributed by atoms with van der Waals surface area (Å²) < 4.78 is 4.97. The number of aromatic nitrogens is 2. The zero-order valence-corrected chi connectivity index (χ0v) is 11.6. The molecule has 0 spiro atoms. The van der Waals surface area contributed by atoms with Gasteiger partial charge in [0.25, 0.3) is 0 Å². The van der Waals surface area contributed by atoms with Crippen molar-refractivity contribution in [2.24, 2.45) is 0 Å². The Morgan fingerprint density at radius 2 is 2.25 bits per heavy atom. The summed E-state index contributed by atoms with van der Waals surface area (Å²) in [7, 11) is 1.54. The fourth-order valence-electron chi connectivity index (χ4n) is 1.71. The van der Waals surface area contributed by atoms with Gasteiger partial charge in [-0.3, -0.25) is 10.1 Å². The second-order valence-corrected chi connectivity index (χ2v) is 3.89. The lowest BCUT2D eigenvalue weighted by atomic mass is 10.3. The first-order valence-electron chi connectivity index (χ1n) is 6.23. The molecule has 0 radical (unpaired) electrons. The largest absolute Gasteiger partial charge is 0.395 e. The number of anilines is 2. The van der Waals surface area contributed by atoms with Crippen LogP contribution in [-0.4, -0.2) is 60.0 Å². The highest BCUT2D eigenvalue weighted by Gasteiger charge is 2.26. The van der Waals surface area contributed by atoms with Crippen LogP contribution in [0.2, 0.25) is 0 Å². The maximum atomic E-state index is 11.3. The summed E-state index contributed by atoms with van der Waals surface area (Å²) >= 11 is 0. The molecule has 0 aliphatic carbocycles. The molecule has 0 atom stereocenters. The first kappa shape index (κ1) is 16.1. The zero-order valence-electron chi connectivity index (χ0n) is 11.6. The van der Waals surface area contributed by atoms with Gasteiger partial charge in [0.1, 0.15) is 6.33 Å². The molecule has 0 aliphatic rings. The van der Waals surface area contributed by atoms with E-state index in [1.54, 1.807) is 4.90 Å². The van der Waals surface area contributed by atoms with Gasteiger partial charge in [-0.25, -0.2) is 9.97 Å². The molecule has 9 heteroatoms. The Morgan fingerprint density at radius 3 is 2.80 bits per heavy atom. The molecule has 0 bridgehead atoms. The van der Waals surface area contributed by atoms with E-state index in [0.29, 0.717) is 19.7 Å². The minimum absolute atomic E-state index is 0.137. The molecular weight excluding hydrogens is 266 g/mol. The highest BCUT2D eigenvalue weighted by molar-refractivity contribution is 5.70. The van der Waals surface area contributed by atoms with Gasteiger partial charge in [-0.15, -0.1) is 0 Å². The predicted molar refractivity (Wildman–Crippen MR) is 74.0 cm³/mol. The maximum Gasteiger partial charge on any atom is 0.353 e. The molecule has 0 unspecified atom stereocenters. The van der Waals surface area contributed by atoms with Crippen molar-refractivity contribution in [3.05, 3.63) is 16.4 Å². The summed E-state index contributed by atoms with van der Waals surface area (Å²) in [6.07, 6.45) is 1.26. The van der Waals surface area contributed by atoms with Gasteiger partial charge in [0.2, 0.25) is 11.6 Å². The van der Waals surface area contributed by atoms with Crippen molar-refractivity contribution in [3.8, 4) is 0 Å². The van der Waals surface area contributed by atoms with E-state index in [4.69, 9.17) is 9.84 Å². The average Bonchev–Trinajstić information content (AvgIpc) is 2.43. The molecule has 0 saturated carbocycles. The number of nitrogens with one attached hydrogen (secondary N) is 1. The van der Waals surface area contributed by atoms with Gasteiger partial charge < -0.3 is 20.1 Å². The molecule has 112 valence electrons. The fourth-order valence-corrected chi connectivity index (χ4v) is 1.71. The Bertz CT molecular complexity index is 443. The Hall–Kier alpha value is -2.00. The van der Waals surface area contributed by atoms with E-state index in [9.17, 15) is 10.1 Å². The number of rotatable bonds is 9. The molecule has 0 aliphatic heterocycles. The third-order valence-electron chi connectivity index (χ3n) is 2.56. The highest BCUT2D eigenvalue weighted by atomic mass is 16.6. The molecule has 0 saturated heterocycles. The number of nitrogens with zero attached hydrogens (tertiary/aromatic N) is 4. The van der Waals surface area contributed by atoms with E-state index < -0.39 is 4.92 Å². The Balaban J connectivity index is 3.17. The predicted octanol–water partition coefficient (Wildman–Crippen LogP) is 0.262. The first-order chi connectivity index (χ1) is 9.65. The molecule has 0 amide bonds. The lowest BCUT2D eigenvalue weighted by molar-refractivity contribution is -0.383. The lowest BCUT2D eigenvalue weighted by Crippen LogP contribution is -2.31. The van der Waals surface area contributed by atoms with Crippen molar-refractivity contribution in [3.63, 3.8) is 0 Å². The Labute approximate surface area is 116 Å². The monoisotopic (exact) mass is 285 g/mol. The number of aliphatic hydroxyl groups excluding tert-OH is 1. The molecule has 1 aromatic heterocycles. The molecular formula is C11H19N5O4. The van der Waals surface area contributed by atoms with Crippen LogP contribution in [0.25, 0.3) is 0 Å². The zero-order chi connectivity index (χ0) is 15.0. The van der Waals surface area contributed by atoms with E-state index in [0.717, 1.165) is 0 Å². The topological polar surface area (TPSA) is 114 Å². The maximum absolute atomic E-state index is 11.3. The van der Waals surface area contributed by atoms with Crippen molar-refractivity contribution in [1.29, 1.82) is 0 Å². The summed E-state index contributed by atoms with van der Waals surface area (Å²) in [5.41, 5.74) is -0.195. The van der Waals surface area contributed by atoms with Gasteiger partial charge in [0.05, 0.1) is 18.1 Å². The third kappa shape index (κ3) is 4.00. The van der Waals surface area contributed by atoms with E-state index in [1.807, 2.05) is 6.92 Å². The first-order valence-corrected chi connectivity index (χ1v) is 6.23. The number of nitro groups is 1. The lowest BCUT2D eigenvalue weighted by Gasteiger charge is -2.22. The minimum Gasteiger partial charge on any atom is -0.395 e. The van der Waals surface area contributed by atoms with Crippen LogP contribution < -0.4 is 10.2 Å². The summed E-state index contributed by atoms with van der Waals surface area (Å²) in [5.74, 6) is 0.343. The summed E-state index contributed by atoms with van der Waals surface area (Å²) in [4.78, 5) is 20.2. The quantitative estimate of drug-likeness (QED) is 0.490. The molecule has 1 heterocycles. The summed E-state index contributed by atoms with van der Waals surface area (Å²) in [5, 5.41) is 23.2. The summed E-state index contributed by atoms with van der Waals surface area (Å²) in [6.45, 7) is 3.18. The van der Waals surface area contributed by atoms with Crippen molar-refractivity contribution in [2.45, 2.75) is 6.92 Å². The van der Waals surface area contributed by atoms with Gasteiger partial charge >= 0.3 is 5.69 Å². The highest BCUT2D eigenvalue weighted by Crippen LogP contribution is 2.31. The smallest absolute Gasteiger partial charge is 0.353 e. The number of hydrogen-bond acceptors (Lipinski definition) is 8. The van der Waals surface area contributed by atoms with Crippen LogP contribution in [0, 0.1) is 10.1 Å². The molecule has 9 nitrogen and oxygen atoms in total.